The van der Waals surface area contributed by atoms with Gasteiger partial charge in [0.15, 0.2) is 0 Å². The normalized spacial score (nSPS) is 17.7. The van der Waals surface area contributed by atoms with Crippen molar-refractivity contribution in [2.45, 2.75) is 26.3 Å². The highest BCUT2D eigenvalue weighted by atomic mass is 35.5. The average molecular weight is 468 g/mol. The molecule has 1 amide bonds. The lowest BCUT2D eigenvalue weighted by molar-refractivity contribution is -0.132. The van der Waals surface area contributed by atoms with Crippen LogP contribution in [0.3, 0.4) is 0 Å². The molecule has 2 heterocycles. The fourth-order valence-electron chi connectivity index (χ4n) is 3.77. The van der Waals surface area contributed by atoms with Crippen LogP contribution < -0.4 is 9.64 Å². The predicted octanol–water partition coefficient (Wildman–Crippen LogP) is 6.13. The third-order valence-electron chi connectivity index (χ3n) is 5.28. The monoisotopic (exact) mass is 467 g/mol. The zero-order valence-corrected chi connectivity index (χ0v) is 19.2. The van der Waals surface area contributed by atoms with Gasteiger partial charge in [-0.2, -0.15) is 0 Å². The van der Waals surface area contributed by atoms with Crippen LogP contribution in [0.4, 0.5) is 5.69 Å². The van der Waals surface area contributed by atoms with Crippen molar-refractivity contribution in [3.63, 3.8) is 0 Å². The Bertz CT molecular complexity index is 1190. The third kappa shape index (κ3) is 4.04. The molecule has 1 aromatic heterocycles. The molecule has 7 heteroatoms. The summed E-state index contributed by atoms with van der Waals surface area (Å²) in [6.45, 7) is 4.45. The lowest BCUT2D eigenvalue weighted by Gasteiger charge is -2.25. The first kappa shape index (κ1) is 22.1. The number of hydrogen-bond donors (Lipinski definition) is 1. The molecule has 0 aliphatic carbocycles. The van der Waals surface area contributed by atoms with E-state index in [2.05, 4.69) is 0 Å². The Hall–Kier alpha value is -3.09. The fourth-order valence-corrected chi connectivity index (χ4v) is 4.82. The number of aliphatic hydroxyl groups excluding tert-OH is 1. The largest absolute Gasteiger partial charge is 0.507 e. The molecular weight excluding hydrogens is 446 g/mol. The van der Waals surface area contributed by atoms with Crippen molar-refractivity contribution >= 4 is 46.1 Å². The van der Waals surface area contributed by atoms with Crippen molar-refractivity contribution in [2.24, 2.45) is 0 Å². The molecule has 1 unspecified atom stereocenters. The first-order valence-corrected chi connectivity index (χ1v) is 11.5. The molecule has 4 rings (SSSR count). The zero-order valence-electron chi connectivity index (χ0n) is 17.7. The van der Waals surface area contributed by atoms with E-state index in [0.29, 0.717) is 28.6 Å². The number of benzene rings is 2. The van der Waals surface area contributed by atoms with Gasteiger partial charge in [-0.25, -0.2) is 0 Å². The molecule has 1 atom stereocenters. The van der Waals surface area contributed by atoms with Crippen molar-refractivity contribution in [1.82, 2.24) is 0 Å². The van der Waals surface area contributed by atoms with Gasteiger partial charge in [0, 0.05) is 21.2 Å². The van der Waals surface area contributed by atoms with Crippen LogP contribution >= 0.6 is 22.9 Å². The molecule has 0 radical (unpaired) electrons. The molecule has 2 aromatic carbocycles. The van der Waals surface area contributed by atoms with E-state index in [1.807, 2.05) is 31.4 Å². The third-order valence-corrected chi connectivity index (χ3v) is 6.44. The van der Waals surface area contributed by atoms with Gasteiger partial charge in [-0.3, -0.25) is 14.5 Å². The summed E-state index contributed by atoms with van der Waals surface area (Å²) in [5.74, 6) is -0.937. The van der Waals surface area contributed by atoms with Crippen molar-refractivity contribution in [3.8, 4) is 5.75 Å². The molecule has 1 aliphatic heterocycles. The number of hydrogen-bond acceptors (Lipinski definition) is 5. The number of ketones is 1. The van der Waals surface area contributed by atoms with Gasteiger partial charge in [0.05, 0.1) is 12.2 Å². The van der Waals surface area contributed by atoms with Crippen LogP contribution in [-0.2, 0) is 9.59 Å². The number of nitrogens with zero attached hydrogens (tertiary/aromatic N) is 1. The lowest BCUT2D eigenvalue weighted by Crippen LogP contribution is -2.29. The van der Waals surface area contributed by atoms with Crippen molar-refractivity contribution in [3.05, 3.63) is 86.6 Å². The number of carbonyl (C=O) groups is 2. The second-order valence-corrected chi connectivity index (χ2v) is 8.90. The summed E-state index contributed by atoms with van der Waals surface area (Å²) in [4.78, 5) is 28.5. The molecule has 1 aliphatic rings. The number of thiophene rings is 1. The average Bonchev–Trinajstić information content (AvgIpc) is 3.40. The molecular formula is C25H22ClNO4S. The number of halogens is 1. The maximum atomic E-state index is 13.1. The van der Waals surface area contributed by atoms with Gasteiger partial charge in [0.25, 0.3) is 11.7 Å². The zero-order chi connectivity index (χ0) is 22.8. The number of carbonyl (C=O) groups excluding carboxylic acids is 2. The number of ether oxygens (including phenoxy) is 1. The van der Waals surface area contributed by atoms with Gasteiger partial charge in [-0.05, 0) is 72.8 Å². The summed E-state index contributed by atoms with van der Waals surface area (Å²) in [7, 11) is 0. The summed E-state index contributed by atoms with van der Waals surface area (Å²) >= 11 is 7.52. The van der Waals surface area contributed by atoms with E-state index in [9.17, 15) is 14.7 Å². The fraction of sp³-hybridized carbons (Fsp3) is 0.200. The maximum absolute atomic E-state index is 13.1. The highest BCUT2D eigenvalue weighted by Gasteiger charge is 2.47. The molecule has 1 fully saturated rings. The quantitative estimate of drug-likeness (QED) is 0.269. The topological polar surface area (TPSA) is 66.8 Å². The van der Waals surface area contributed by atoms with Crippen molar-refractivity contribution < 1.29 is 19.4 Å². The highest BCUT2D eigenvalue weighted by molar-refractivity contribution is 7.10. The molecule has 0 spiro atoms. The Morgan fingerprint density at radius 2 is 1.91 bits per heavy atom. The van der Waals surface area contributed by atoms with Gasteiger partial charge >= 0.3 is 0 Å². The summed E-state index contributed by atoms with van der Waals surface area (Å²) in [6, 6.07) is 15.0. The van der Waals surface area contributed by atoms with Crippen LogP contribution in [0, 0.1) is 6.92 Å². The molecule has 0 saturated carbocycles. The van der Waals surface area contributed by atoms with E-state index in [0.717, 1.165) is 16.9 Å². The molecule has 1 saturated heterocycles. The van der Waals surface area contributed by atoms with Crippen LogP contribution in [0.1, 0.15) is 35.4 Å². The summed E-state index contributed by atoms with van der Waals surface area (Å²) in [6.07, 6.45) is 0.885. The maximum Gasteiger partial charge on any atom is 0.300 e. The Morgan fingerprint density at radius 1 is 1.16 bits per heavy atom. The van der Waals surface area contributed by atoms with Gasteiger partial charge in [0.2, 0.25) is 0 Å². The summed E-state index contributed by atoms with van der Waals surface area (Å²) in [5, 5.41) is 13.6. The Kier molecular flexibility index (Phi) is 6.35. The van der Waals surface area contributed by atoms with Crippen molar-refractivity contribution in [2.75, 3.05) is 11.5 Å². The van der Waals surface area contributed by atoms with Crippen LogP contribution in [0.15, 0.2) is 65.6 Å². The Morgan fingerprint density at radius 3 is 2.53 bits per heavy atom. The summed E-state index contributed by atoms with van der Waals surface area (Å²) in [5.41, 5.74) is 1.85. The standard InChI is InChI=1S/C25H22ClNO4S/c1-3-12-31-18-9-6-16(7-10-18)23(28)21-22(20-5-4-13-32-20)27(25(30)24(21)29)19-11-8-17(26)14-15(19)2/h4-11,13-14,22,28H,3,12H2,1-2H3/b23-21-. The number of aryl methyl sites for hydroxylation is 1. The van der Waals surface area contributed by atoms with E-state index in [1.54, 1.807) is 42.5 Å². The van der Waals surface area contributed by atoms with Crippen LogP contribution in [0.25, 0.3) is 5.76 Å². The number of Topliss-reactive ketones (excluding diaryl/α,β-unsaturated/α-hetero) is 1. The minimum atomic E-state index is -0.731. The Balaban J connectivity index is 1.83. The van der Waals surface area contributed by atoms with Gasteiger partial charge < -0.3 is 9.84 Å². The molecule has 1 N–H and O–H groups in total. The molecule has 3 aromatic rings. The van der Waals surface area contributed by atoms with Gasteiger partial charge in [0.1, 0.15) is 17.6 Å². The van der Waals surface area contributed by atoms with Gasteiger partial charge in [-0.15, -0.1) is 11.3 Å². The highest BCUT2D eigenvalue weighted by Crippen LogP contribution is 2.44. The van der Waals surface area contributed by atoms with Gasteiger partial charge in [-0.1, -0.05) is 24.6 Å². The SMILES string of the molecule is CCCOc1ccc(/C(O)=C2/C(=O)C(=O)N(c3ccc(Cl)cc3C)C2c2cccs2)cc1. The first-order valence-electron chi connectivity index (χ1n) is 10.3. The molecule has 164 valence electrons. The minimum Gasteiger partial charge on any atom is -0.507 e. The van der Waals surface area contributed by atoms with E-state index >= 15 is 0 Å². The number of amides is 1. The van der Waals surface area contributed by atoms with E-state index in [-0.39, 0.29) is 11.3 Å². The van der Waals surface area contributed by atoms with Crippen LogP contribution in [0.5, 0.6) is 5.75 Å². The predicted molar refractivity (Wildman–Crippen MR) is 128 cm³/mol. The second kappa shape index (κ2) is 9.18. The second-order valence-electron chi connectivity index (χ2n) is 7.49. The smallest absolute Gasteiger partial charge is 0.300 e. The number of rotatable bonds is 6. The van der Waals surface area contributed by atoms with E-state index in [1.165, 1.54) is 16.2 Å². The number of aliphatic hydroxyl groups is 1. The first-order chi connectivity index (χ1) is 15.4. The Labute approximate surface area is 195 Å². The van der Waals surface area contributed by atoms with E-state index in [4.69, 9.17) is 16.3 Å². The minimum absolute atomic E-state index is 0.0639. The summed E-state index contributed by atoms with van der Waals surface area (Å²) < 4.78 is 5.60. The molecule has 5 nitrogen and oxygen atoms in total. The molecule has 0 bridgehead atoms. The molecule has 32 heavy (non-hydrogen) atoms. The van der Waals surface area contributed by atoms with E-state index < -0.39 is 17.7 Å². The lowest BCUT2D eigenvalue weighted by atomic mass is 9.99. The van der Waals surface area contributed by atoms with Crippen molar-refractivity contribution in [1.29, 1.82) is 0 Å². The number of anilines is 1. The van der Waals surface area contributed by atoms with Crippen LogP contribution in [-0.4, -0.2) is 23.4 Å². The van der Waals surface area contributed by atoms with Crippen LogP contribution in [0.2, 0.25) is 5.02 Å².